The molecule has 0 amide bonds. The fraction of sp³-hybridized carbons (Fsp3) is 0.294. The van der Waals surface area contributed by atoms with Crippen molar-refractivity contribution in [2.24, 2.45) is 5.73 Å². The molecule has 1 unspecified atom stereocenters. The van der Waals surface area contributed by atoms with Crippen molar-refractivity contribution in [1.82, 2.24) is 0 Å². The summed E-state index contributed by atoms with van der Waals surface area (Å²) < 4.78 is 5.40. The highest BCUT2D eigenvalue weighted by molar-refractivity contribution is 5.44. The van der Waals surface area contributed by atoms with Gasteiger partial charge >= 0.3 is 0 Å². The van der Waals surface area contributed by atoms with Crippen molar-refractivity contribution in [3.05, 3.63) is 64.7 Å². The molecule has 0 bridgehead atoms. The van der Waals surface area contributed by atoms with Crippen LogP contribution in [0.5, 0.6) is 5.75 Å². The highest BCUT2D eigenvalue weighted by Crippen LogP contribution is 2.31. The van der Waals surface area contributed by atoms with Crippen LogP contribution in [0.1, 0.15) is 34.7 Å². The normalized spacial score (nSPS) is 15.1. The number of fused-ring (bicyclic) bond motifs is 1. The summed E-state index contributed by atoms with van der Waals surface area (Å²) in [6, 6.07) is 14.5. The van der Waals surface area contributed by atoms with E-state index in [2.05, 4.69) is 18.2 Å². The van der Waals surface area contributed by atoms with Gasteiger partial charge in [0.1, 0.15) is 5.75 Å². The number of hydrogen-bond donors (Lipinski definition) is 1. The minimum Gasteiger partial charge on any atom is -0.496 e. The zero-order valence-electron chi connectivity index (χ0n) is 11.2. The Kier molecular flexibility index (Phi) is 3.26. The second-order valence-electron chi connectivity index (χ2n) is 5.10. The Bertz CT molecular complexity index is 592. The molecular weight excluding hydrogens is 234 g/mol. The molecule has 3 rings (SSSR count). The zero-order valence-corrected chi connectivity index (χ0v) is 11.2. The zero-order chi connectivity index (χ0) is 13.2. The van der Waals surface area contributed by atoms with Crippen molar-refractivity contribution in [3.8, 4) is 5.75 Å². The van der Waals surface area contributed by atoms with Crippen LogP contribution in [0.15, 0.2) is 42.5 Å². The van der Waals surface area contributed by atoms with Crippen LogP contribution in [0.25, 0.3) is 0 Å². The molecule has 1 atom stereocenters. The minimum atomic E-state index is -0.123. The standard InChI is InChI=1S/C17H19NO/c1-19-16-8-3-2-7-15(16)17(18)14-10-9-12-5-4-6-13(12)11-14/h2-3,7-11,17H,4-6,18H2,1H3. The van der Waals surface area contributed by atoms with Crippen molar-refractivity contribution in [3.63, 3.8) is 0 Å². The Morgan fingerprint density at radius 2 is 1.84 bits per heavy atom. The highest BCUT2D eigenvalue weighted by atomic mass is 16.5. The van der Waals surface area contributed by atoms with Gasteiger partial charge in [0.15, 0.2) is 0 Å². The van der Waals surface area contributed by atoms with E-state index >= 15 is 0 Å². The number of rotatable bonds is 3. The van der Waals surface area contributed by atoms with E-state index in [1.54, 1.807) is 7.11 Å². The SMILES string of the molecule is COc1ccccc1C(N)c1ccc2c(c1)CCC2. The molecule has 2 aromatic rings. The topological polar surface area (TPSA) is 35.2 Å². The average molecular weight is 253 g/mol. The van der Waals surface area contributed by atoms with E-state index in [9.17, 15) is 0 Å². The van der Waals surface area contributed by atoms with Gasteiger partial charge in [-0.2, -0.15) is 0 Å². The lowest BCUT2D eigenvalue weighted by molar-refractivity contribution is 0.408. The van der Waals surface area contributed by atoms with Gasteiger partial charge in [0.2, 0.25) is 0 Å². The monoisotopic (exact) mass is 253 g/mol. The van der Waals surface area contributed by atoms with Crippen LogP contribution in [0.4, 0.5) is 0 Å². The Morgan fingerprint density at radius 3 is 2.68 bits per heavy atom. The molecule has 1 aliphatic rings. The summed E-state index contributed by atoms with van der Waals surface area (Å²) in [7, 11) is 1.69. The minimum absolute atomic E-state index is 0.123. The van der Waals surface area contributed by atoms with E-state index in [0.717, 1.165) is 11.3 Å². The summed E-state index contributed by atoms with van der Waals surface area (Å²) in [5, 5.41) is 0. The number of aryl methyl sites for hydroxylation is 2. The van der Waals surface area contributed by atoms with Gasteiger partial charge in [-0.1, -0.05) is 36.4 Å². The maximum atomic E-state index is 6.41. The van der Waals surface area contributed by atoms with Gasteiger partial charge < -0.3 is 10.5 Å². The summed E-state index contributed by atoms with van der Waals surface area (Å²) in [6.07, 6.45) is 3.66. The number of methoxy groups -OCH3 is 1. The third-order valence-corrected chi connectivity index (χ3v) is 3.96. The molecule has 0 spiro atoms. The van der Waals surface area contributed by atoms with Crippen LogP contribution in [-0.4, -0.2) is 7.11 Å². The van der Waals surface area contributed by atoms with Crippen LogP contribution in [-0.2, 0) is 12.8 Å². The van der Waals surface area contributed by atoms with E-state index < -0.39 is 0 Å². The molecule has 98 valence electrons. The Hall–Kier alpha value is -1.80. The second kappa shape index (κ2) is 5.06. The van der Waals surface area contributed by atoms with E-state index in [1.807, 2.05) is 24.3 Å². The Labute approximate surface area is 114 Å². The summed E-state index contributed by atoms with van der Waals surface area (Å²) >= 11 is 0. The Balaban J connectivity index is 1.97. The molecule has 2 nitrogen and oxygen atoms in total. The lowest BCUT2D eigenvalue weighted by atomic mass is 9.96. The largest absolute Gasteiger partial charge is 0.496 e. The first-order chi connectivity index (χ1) is 9.29. The molecule has 0 saturated heterocycles. The predicted octanol–water partition coefficient (Wildman–Crippen LogP) is 3.23. The van der Waals surface area contributed by atoms with Gasteiger partial charge in [0.05, 0.1) is 13.2 Å². The molecular formula is C17H19NO. The van der Waals surface area contributed by atoms with E-state index in [-0.39, 0.29) is 6.04 Å². The van der Waals surface area contributed by atoms with Gasteiger partial charge in [-0.05, 0) is 42.0 Å². The molecule has 1 aliphatic carbocycles. The molecule has 2 N–H and O–H groups in total. The fourth-order valence-corrected chi connectivity index (χ4v) is 2.89. The van der Waals surface area contributed by atoms with Gasteiger partial charge in [-0.25, -0.2) is 0 Å². The summed E-state index contributed by atoms with van der Waals surface area (Å²) in [4.78, 5) is 0. The number of benzene rings is 2. The first kappa shape index (κ1) is 12.2. The smallest absolute Gasteiger partial charge is 0.123 e. The van der Waals surface area contributed by atoms with Crippen molar-refractivity contribution in [1.29, 1.82) is 0 Å². The second-order valence-corrected chi connectivity index (χ2v) is 5.10. The van der Waals surface area contributed by atoms with Crippen molar-refractivity contribution in [2.45, 2.75) is 25.3 Å². The number of nitrogens with two attached hydrogens (primary N) is 1. The van der Waals surface area contributed by atoms with Crippen LogP contribution in [0.2, 0.25) is 0 Å². The van der Waals surface area contributed by atoms with Gasteiger partial charge in [-0.15, -0.1) is 0 Å². The van der Waals surface area contributed by atoms with Crippen LogP contribution < -0.4 is 10.5 Å². The van der Waals surface area contributed by atoms with Crippen LogP contribution in [0, 0.1) is 0 Å². The summed E-state index contributed by atoms with van der Waals surface area (Å²) in [5.41, 5.74) is 11.6. The maximum absolute atomic E-state index is 6.41. The predicted molar refractivity (Wildman–Crippen MR) is 77.5 cm³/mol. The molecule has 0 aliphatic heterocycles. The fourth-order valence-electron chi connectivity index (χ4n) is 2.89. The number of ether oxygens (including phenoxy) is 1. The van der Waals surface area contributed by atoms with Crippen molar-refractivity contribution < 1.29 is 4.74 Å². The van der Waals surface area contributed by atoms with Crippen molar-refractivity contribution >= 4 is 0 Å². The quantitative estimate of drug-likeness (QED) is 0.911. The van der Waals surface area contributed by atoms with E-state index in [4.69, 9.17) is 10.5 Å². The van der Waals surface area contributed by atoms with Crippen LogP contribution in [0.3, 0.4) is 0 Å². The van der Waals surface area contributed by atoms with Gasteiger partial charge in [0.25, 0.3) is 0 Å². The average Bonchev–Trinajstić information content (AvgIpc) is 2.93. The molecule has 0 saturated carbocycles. The van der Waals surface area contributed by atoms with Crippen molar-refractivity contribution in [2.75, 3.05) is 7.11 Å². The molecule has 19 heavy (non-hydrogen) atoms. The number of hydrogen-bond acceptors (Lipinski definition) is 2. The first-order valence-corrected chi connectivity index (χ1v) is 6.80. The Morgan fingerprint density at radius 1 is 1.05 bits per heavy atom. The van der Waals surface area contributed by atoms with E-state index in [1.165, 1.54) is 36.0 Å². The molecule has 2 heteroatoms. The first-order valence-electron chi connectivity index (χ1n) is 6.80. The van der Waals surface area contributed by atoms with Gasteiger partial charge in [-0.3, -0.25) is 0 Å². The summed E-state index contributed by atoms with van der Waals surface area (Å²) in [5.74, 6) is 0.857. The lowest BCUT2D eigenvalue weighted by Gasteiger charge is -2.17. The van der Waals surface area contributed by atoms with Crippen LogP contribution >= 0.6 is 0 Å². The highest BCUT2D eigenvalue weighted by Gasteiger charge is 2.17. The third kappa shape index (κ3) is 2.24. The number of para-hydroxylation sites is 1. The molecule has 0 heterocycles. The van der Waals surface area contributed by atoms with E-state index in [0.29, 0.717) is 0 Å². The molecule has 2 aromatic carbocycles. The molecule has 0 aromatic heterocycles. The molecule has 0 fully saturated rings. The maximum Gasteiger partial charge on any atom is 0.123 e. The third-order valence-electron chi connectivity index (χ3n) is 3.96. The summed E-state index contributed by atoms with van der Waals surface area (Å²) in [6.45, 7) is 0. The lowest BCUT2D eigenvalue weighted by Crippen LogP contribution is -2.13. The van der Waals surface area contributed by atoms with Gasteiger partial charge in [0, 0.05) is 5.56 Å². The molecule has 0 radical (unpaired) electrons.